The predicted octanol–water partition coefficient (Wildman–Crippen LogP) is 1.42. The summed E-state index contributed by atoms with van der Waals surface area (Å²) >= 11 is 0. The van der Waals surface area contributed by atoms with Crippen molar-refractivity contribution in [3.63, 3.8) is 0 Å². The second-order valence-electron chi connectivity index (χ2n) is 3.26. The van der Waals surface area contributed by atoms with Gasteiger partial charge in [0, 0.05) is 0 Å². The van der Waals surface area contributed by atoms with Gasteiger partial charge in [0.15, 0.2) is 17.8 Å². The largest absolute Gasteiger partial charge is 0.476 e. The van der Waals surface area contributed by atoms with E-state index in [9.17, 15) is 4.79 Å². The van der Waals surface area contributed by atoms with E-state index in [4.69, 9.17) is 15.3 Å². The van der Waals surface area contributed by atoms with Gasteiger partial charge in [-0.1, -0.05) is 30.3 Å². The molecule has 0 radical (unpaired) electrons. The third-order valence-corrected chi connectivity index (χ3v) is 2.24. The Morgan fingerprint density at radius 1 is 1.38 bits per heavy atom. The maximum atomic E-state index is 10.8. The lowest BCUT2D eigenvalue weighted by Crippen LogP contribution is -2.15. The fraction of sp³-hybridized carbons (Fsp3) is 0.0909. The van der Waals surface area contributed by atoms with E-state index in [2.05, 4.69) is 4.98 Å². The highest BCUT2D eigenvalue weighted by Gasteiger charge is 2.22. The zero-order chi connectivity index (χ0) is 11.5. The number of hydrogen-bond acceptors (Lipinski definition) is 4. The summed E-state index contributed by atoms with van der Waals surface area (Å²) in [6.07, 6.45) is 1.08. The van der Waals surface area contributed by atoms with Gasteiger partial charge in [0.2, 0.25) is 0 Å². The molecule has 2 aromatic rings. The van der Waals surface area contributed by atoms with E-state index in [0.29, 0.717) is 0 Å². The van der Waals surface area contributed by atoms with E-state index in [1.54, 1.807) is 12.1 Å². The van der Waals surface area contributed by atoms with E-state index in [1.165, 1.54) is 0 Å². The van der Waals surface area contributed by atoms with Crippen LogP contribution < -0.4 is 5.73 Å². The molecule has 0 unspecified atom stereocenters. The maximum absolute atomic E-state index is 10.8. The van der Waals surface area contributed by atoms with Crippen LogP contribution in [0.4, 0.5) is 0 Å². The molecule has 0 saturated carbocycles. The van der Waals surface area contributed by atoms with Crippen molar-refractivity contribution in [3.05, 3.63) is 53.7 Å². The van der Waals surface area contributed by atoms with Gasteiger partial charge < -0.3 is 15.3 Å². The molecule has 2 rings (SSSR count). The lowest BCUT2D eigenvalue weighted by Gasteiger charge is -2.08. The first kappa shape index (κ1) is 10.4. The van der Waals surface area contributed by atoms with E-state index in [0.717, 1.165) is 12.0 Å². The second kappa shape index (κ2) is 4.16. The summed E-state index contributed by atoms with van der Waals surface area (Å²) in [6, 6.07) is 8.50. The van der Waals surface area contributed by atoms with E-state index in [1.807, 2.05) is 18.2 Å². The lowest BCUT2D eigenvalue weighted by molar-refractivity contribution is 0.0688. The summed E-state index contributed by atoms with van der Waals surface area (Å²) in [6.45, 7) is 0. The predicted molar refractivity (Wildman–Crippen MR) is 55.9 cm³/mol. The molecule has 0 aliphatic rings. The highest BCUT2D eigenvalue weighted by molar-refractivity contribution is 5.86. The van der Waals surface area contributed by atoms with Crippen LogP contribution in [-0.4, -0.2) is 16.1 Å². The fourth-order valence-corrected chi connectivity index (χ4v) is 1.45. The van der Waals surface area contributed by atoms with E-state index < -0.39 is 12.0 Å². The van der Waals surface area contributed by atoms with Crippen LogP contribution in [0.25, 0.3) is 0 Å². The number of benzene rings is 1. The number of nitrogens with two attached hydrogens (primary N) is 1. The molecule has 1 aromatic carbocycles. The summed E-state index contributed by atoms with van der Waals surface area (Å²) in [5.74, 6) is -0.978. The molecule has 0 aliphatic carbocycles. The standard InChI is InChI=1S/C11H10N2O3/c12-8(7-4-2-1-3-5-7)10-9(11(14)15)13-6-16-10/h1-6,8H,12H2,(H,14,15)/t8-/m0/s1. The SMILES string of the molecule is N[C@@H](c1ccccc1)c1ocnc1C(=O)O. The van der Waals surface area contributed by atoms with Gasteiger partial charge in [-0.05, 0) is 5.56 Å². The van der Waals surface area contributed by atoms with Crippen LogP contribution in [0.2, 0.25) is 0 Å². The van der Waals surface area contributed by atoms with Gasteiger partial charge >= 0.3 is 5.97 Å². The minimum atomic E-state index is -1.14. The Morgan fingerprint density at radius 2 is 2.06 bits per heavy atom. The number of carbonyl (C=O) groups is 1. The van der Waals surface area contributed by atoms with Crippen LogP contribution in [0.3, 0.4) is 0 Å². The van der Waals surface area contributed by atoms with Gasteiger partial charge in [-0.25, -0.2) is 9.78 Å². The normalized spacial score (nSPS) is 12.3. The first-order valence-electron chi connectivity index (χ1n) is 4.67. The van der Waals surface area contributed by atoms with Crippen molar-refractivity contribution in [2.45, 2.75) is 6.04 Å². The molecule has 0 amide bonds. The second-order valence-corrected chi connectivity index (χ2v) is 3.26. The first-order valence-corrected chi connectivity index (χ1v) is 4.67. The fourth-order valence-electron chi connectivity index (χ4n) is 1.45. The van der Waals surface area contributed by atoms with Gasteiger partial charge in [0.05, 0.1) is 6.04 Å². The zero-order valence-electron chi connectivity index (χ0n) is 8.33. The molecule has 16 heavy (non-hydrogen) atoms. The first-order chi connectivity index (χ1) is 7.70. The van der Waals surface area contributed by atoms with Crippen LogP contribution in [-0.2, 0) is 0 Å². The molecule has 0 spiro atoms. The van der Waals surface area contributed by atoms with Crippen LogP contribution in [0.5, 0.6) is 0 Å². The van der Waals surface area contributed by atoms with Crippen molar-refractivity contribution in [2.75, 3.05) is 0 Å². The van der Waals surface area contributed by atoms with Gasteiger partial charge in [0.1, 0.15) is 0 Å². The van der Waals surface area contributed by atoms with Gasteiger partial charge in [-0.3, -0.25) is 0 Å². The number of oxazole rings is 1. The van der Waals surface area contributed by atoms with Crippen LogP contribution in [0.1, 0.15) is 27.9 Å². The zero-order valence-corrected chi connectivity index (χ0v) is 8.33. The van der Waals surface area contributed by atoms with Gasteiger partial charge in [-0.15, -0.1) is 0 Å². The highest BCUT2D eigenvalue weighted by Crippen LogP contribution is 2.21. The van der Waals surface area contributed by atoms with Crippen molar-refractivity contribution in [1.29, 1.82) is 0 Å². The molecule has 1 aromatic heterocycles. The van der Waals surface area contributed by atoms with E-state index >= 15 is 0 Å². The van der Waals surface area contributed by atoms with Gasteiger partial charge in [-0.2, -0.15) is 0 Å². The Labute approximate surface area is 91.5 Å². The average Bonchev–Trinajstić information content (AvgIpc) is 2.78. The van der Waals surface area contributed by atoms with Gasteiger partial charge in [0.25, 0.3) is 0 Å². The molecule has 0 fully saturated rings. The van der Waals surface area contributed by atoms with Crippen molar-refractivity contribution in [1.82, 2.24) is 4.98 Å². The van der Waals surface area contributed by atoms with Crippen LogP contribution in [0, 0.1) is 0 Å². The summed E-state index contributed by atoms with van der Waals surface area (Å²) in [5, 5.41) is 8.87. The Hall–Kier alpha value is -2.14. The number of aromatic carboxylic acids is 1. The van der Waals surface area contributed by atoms with Crippen molar-refractivity contribution < 1.29 is 14.3 Å². The summed E-state index contributed by atoms with van der Waals surface area (Å²) in [7, 11) is 0. The maximum Gasteiger partial charge on any atom is 0.358 e. The Bertz CT molecular complexity index is 493. The minimum Gasteiger partial charge on any atom is -0.476 e. The minimum absolute atomic E-state index is 0.142. The number of nitrogens with zero attached hydrogens (tertiary/aromatic N) is 1. The molecular weight excluding hydrogens is 208 g/mol. The quantitative estimate of drug-likeness (QED) is 0.813. The molecular formula is C11H10N2O3. The van der Waals surface area contributed by atoms with Crippen molar-refractivity contribution in [2.24, 2.45) is 5.73 Å². The molecule has 5 heteroatoms. The number of rotatable bonds is 3. The third-order valence-electron chi connectivity index (χ3n) is 2.24. The molecule has 5 nitrogen and oxygen atoms in total. The number of aromatic nitrogens is 1. The van der Waals surface area contributed by atoms with E-state index in [-0.39, 0.29) is 11.5 Å². The van der Waals surface area contributed by atoms with Crippen LogP contribution in [0.15, 0.2) is 41.1 Å². The van der Waals surface area contributed by atoms with Crippen LogP contribution >= 0.6 is 0 Å². The molecule has 1 atom stereocenters. The Morgan fingerprint density at radius 3 is 2.69 bits per heavy atom. The summed E-state index contributed by atoms with van der Waals surface area (Å²) in [5.41, 5.74) is 6.54. The number of hydrogen-bond donors (Lipinski definition) is 2. The Balaban J connectivity index is 2.38. The number of carboxylic acid groups (broad SMARTS) is 1. The average molecular weight is 218 g/mol. The Kier molecular flexibility index (Phi) is 2.70. The molecule has 0 saturated heterocycles. The summed E-state index contributed by atoms with van der Waals surface area (Å²) in [4.78, 5) is 14.5. The lowest BCUT2D eigenvalue weighted by atomic mass is 10.0. The topological polar surface area (TPSA) is 89.4 Å². The number of carboxylic acids is 1. The van der Waals surface area contributed by atoms with Crippen molar-refractivity contribution in [3.8, 4) is 0 Å². The smallest absolute Gasteiger partial charge is 0.358 e. The monoisotopic (exact) mass is 218 g/mol. The third kappa shape index (κ3) is 1.80. The van der Waals surface area contributed by atoms with Crippen molar-refractivity contribution >= 4 is 5.97 Å². The molecule has 0 aliphatic heterocycles. The molecule has 0 bridgehead atoms. The molecule has 82 valence electrons. The highest BCUT2D eigenvalue weighted by atomic mass is 16.4. The summed E-state index contributed by atoms with van der Waals surface area (Å²) < 4.78 is 5.03. The molecule has 3 N–H and O–H groups in total. The molecule has 1 heterocycles.